The molecule has 0 aliphatic rings. The number of carbonyl (C=O) groups is 1. The summed E-state index contributed by atoms with van der Waals surface area (Å²) in [5.74, 6) is -0.706. The predicted octanol–water partition coefficient (Wildman–Crippen LogP) is 2.09. The highest BCUT2D eigenvalue weighted by Gasteiger charge is 2.23. The molecule has 0 fully saturated rings. The molecule has 0 aliphatic heterocycles. The molecule has 18 heavy (non-hydrogen) atoms. The number of pyridine rings is 1. The van der Waals surface area contributed by atoms with Gasteiger partial charge in [0.05, 0.1) is 5.56 Å². The standard InChI is InChI=1S/C13H17N3O2/c1-7(2)11(13(17)18)16-12-10(6-14)8(3)5-9(4)15-12/h5,7,11H,1-4H3,(H,15,16)(H,17,18). The summed E-state index contributed by atoms with van der Waals surface area (Å²) >= 11 is 0. The van der Waals surface area contributed by atoms with Gasteiger partial charge in [0.15, 0.2) is 0 Å². The Balaban J connectivity index is 3.18. The molecule has 1 heterocycles. The first-order valence-corrected chi connectivity index (χ1v) is 5.74. The highest BCUT2D eigenvalue weighted by molar-refractivity contribution is 5.78. The molecule has 1 rings (SSSR count). The Hall–Kier alpha value is -2.09. The fraction of sp³-hybridized carbons (Fsp3) is 0.462. The zero-order valence-electron chi connectivity index (χ0n) is 11.0. The van der Waals surface area contributed by atoms with E-state index in [1.165, 1.54) is 0 Å². The van der Waals surface area contributed by atoms with E-state index in [-0.39, 0.29) is 5.92 Å². The van der Waals surface area contributed by atoms with Crippen molar-refractivity contribution in [2.75, 3.05) is 5.32 Å². The van der Waals surface area contributed by atoms with Gasteiger partial charge in [-0.25, -0.2) is 9.78 Å². The number of carboxylic acid groups (broad SMARTS) is 1. The van der Waals surface area contributed by atoms with Gasteiger partial charge in [0, 0.05) is 5.69 Å². The Kier molecular flexibility index (Phi) is 4.27. The van der Waals surface area contributed by atoms with Crippen LogP contribution in [0.3, 0.4) is 0 Å². The van der Waals surface area contributed by atoms with E-state index < -0.39 is 12.0 Å². The summed E-state index contributed by atoms with van der Waals surface area (Å²) in [6.45, 7) is 7.23. The minimum Gasteiger partial charge on any atom is -0.480 e. The van der Waals surface area contributed by atoms with Gasteiger partial charge in [0.1, 0.15) is 17.9 Å². The van der Waals surface area contributed by atoms with Gasteiger partial charge >= 0.3 is 5.97 Å². The number of aromatic nitrogens is 1. The normalized spacial score (nSPS) is 12.0. The van der Waals surface area contributed by atoms with Gasteiger partial charge in [-0.3, -0.25) is 0 Å². The van der Waals surface area contributed by atoms with Crippen molar-refractivity contribution in [2.24, 2.45) is 5.92 Å². The number of hydrogen-bond acceptors (Lipinski definition) is 4. The zero-order chi connectivity index (χ0) is 13.9. The maximum Gasteiger partial charge on any atom is 0.326 e. The molecule has 5 nitrogen and oxygen atoms in total. The van der Waals surface area contributed by atoms with Crippen molar-refractivity contribution in [2.45, 2.75) is 33.7 Å². The van der Waals surface area contributed by atoms with Crippen molar-refractivity contribution in [3.05, 3.63) is 22.9 Å². The van der Waals surface area contributed by atoms with Gasteiger partial charge in [-0.2, -0.15) is 5.26 Å². The Morgan fingerprint density at radius 3 is 2.56 bits per heavy atom. The number of hydrogen-bond donors (Lipinski definition) is 2. The summed E-state index contributed by atoms with van der Waals surface area (Å²) < 4.78 is 0. The molecule has 0 saturated heterocycles. The lowest BCUT2D eigenvalue weighted by Crippen LogP contribution is -2.35. The molecule has 1 aromatic heterocycles. The molecule has 0 radical (unpaired) electrons. The summed E-state index contributed by atoms with van der Waals surface area (Å²) in [5, 5.41) is 21.1. The Bertz CT molecular complexity index is 504. The van der Waals surface area contributed by atoms with Crippen LogP contribution >= 0.6 is 0 Å². The van der Waals surface area contributed by atoms with E-state index in [0.717, 1.165) is 11.3 Å². The van der Waals surface area contributed by atoms with Crippen molar-refractivity contribution in [1.29, 1.82) is 5.26 Å². The van der Waals surface area contributed by atoms with Crippen LogP contribution in [-0.4, -0.2) is 22.1 Å². The molecule has 0 aliphatic carbocycles. The highest BCUT2D eigenvalue weighted by atomic mass is 16.4. The number of carboxylic acids is 1. The topological polar surface area (TPSA) is 86.0 Å². The average molecular weight is 247 g/mol. The summed E-state index contributed by atoms with van der Waals surface area (Å²) in [5.41, 5.74) is 1.94. The first-order valence-electron chi connectivity index (χ1n) is 5.74. The molecule has 0 bridgehead atoms. The van der Waals surface area contributed by atoms with Gasteiger partial charge in [0.2, 0.25) is 0 Å². The molecule has 2 N–H and O–H groups in total. The zero-order valence-corrected chi connectivity index (χ0v) is 11.0. The summed E-state index contributed by atoms with van der Waals surface area (Å²) in [6.07, 6.45) is 0. The second-order valence-corrected chi connectivity index (χ2v) is 4.62. The van der Waals surface area contributed by atoms with Gasteiger partial charge in [0.25, 0.3) is 0 Å². The van der Waals surface area contributed by atoms with E-state index in [9.17, 15) is 4.79 Å². The quantitative estimate of drug-likeness (QED) is 0.850. The number of rotatable bonds is 4. The second kappa shape index (κ2) is 5.50. The molecular weight excluding hydrogens is 230 g/mol. The van der Waals surface area contributed by atoms with Crippen LogP contribution in [0.1, 0.15) is 30.7 Å². The maximum absolute atomic E-state index is 11.1. The first-order chi connectivity index (χ1) is 8.36. The number of aryl methyl sites for hydroxylation is 2. The summed E-state index contributed by atoms with van der Waals surface area (Å²) in [7, 11) is 0. The third-order valence-corrected chi connectivity index (χ3v) is 2.68. The summed E-state index contributed by atoms with van der Waals surface area (Å²) in [4.78, 5) is 15.4. The van der Waals surface area contributed by atoms with Crippen molar-refractivity contribution < 1.29 is 9.90 Å². The van der Waals surface area contributed by atoms with Crippen molar-refractivity contribution >= 4 is 11.8 Å². The molecular formula is C13H17N3O2. The minimum absolute atomic E-state index is 0.100. The number of nitrogens with zero attached hydrogens (tertiary/aromatic N) is 2. The lowest BCUT2D eigenvalue weighted by molar-refractivity contribution is -0.138. The van der Waals surface area contributed by atoms with Crippen molar-refractivity contribution in [3.8, 4) is 6.07 Å². The van der Waals surface area contributed by atoms with Crippen LogP contribution in [0.5, 0.6) is 0 Å². The van der Waals surface area contributed by atoms with E-state index in [1.807, 2.05) is 13.8 Å². The fourth-order valence-electron chi connectivity index (χ4n) is 1.74. The van der Waals surface area contributed by atoms with Crippen LogP contribution in [0.2, 0.25) is 0 Å². The smallest absolute Gasteiger partial charge is 0.326 e. The van der Waals surface area contributed by atoms with Crippen LogP contribution in [-0.2, 0) is 4.79 Å². The van der Waals surface area contributed by atoms with Gasteiger partial charge in [-0.05, 0) is 31.4 Å². The summed E-state index contributed by atoms with van der Waals surface area (Å²) in [6, 6.07) is 3.10. The Labute approximate surface area is 106 Å². The van der Waals surface area contributed by atoms with Crippen molar-refractivity contribution in [3.63, 3.8) is 0 Å². The highest BCUT2D eigenvalue weighted by Crippen LogP contribution is 2.20. The maximum atomic E-state index is 11.1. The largest absolute Gasteiger partial charge is 0.480 e. The van der Waals surface area contributed by atoms with Crippen molar-refractivity contribution in [1.82, 2.24) is 4.98 Å². The molecule has 5 heteroatoms. The van der Waals surface area contributed by atoms with E-state index in [2.05, 4.69) is 16.4 Å². The number of nitriles is 1. The fourth-order valence-corrected chi connectivity index (χ4v) is 1.74. The molecule has 96 valence electrons. The average Bonchev–Trinajstić information content (AvgIpc) is 2.24. The molecule has 1 aromatic rings. The second-order valence-electron chi connectivity index (χ2n) is 4.62. The van der Waals surface area contributed by atoms with E-state index in [4.69, 9.17) is 10.4 Å². The van der Waals surface area contributed by atoms with Crippen LogP contribution in [0, 0.1) is 31.1 Å². The molecule has 1 atom stereocenters. The number of aliphatic carboxylic acids is 1. The van der Waals surface area contributed by atoms with Gasteiger partial charge in [-0.1, -0.05) is 13.8 Å². The van der Waals surface area contributed by atoms with Crippen LogP contribution in [0.25, 0.3) is 0 Å². The molecule has 0 amide bonds. The molecule has 0 saturated carbocycles. The Morgan fingerprint density at radius 2 is 2.11 bits per heavy atom. The van der Waals surface area contributed by atoms with E-state index >= 15 is 0 Å². The van der Waals surface area contributed by atoms with Crippen LogP contribution < -0.4 is 5.32 Å². The molecule has 0 aromatic carbocycles. The predicted molar refractivity (Wildman–Crippen MR) is 68.3 cm³/mol. The van der Waals surface area contributed by atoms with Crippen LogP contribution in [0.15, 0.2) is 6.07 Å². The lowest BCUT2D eigenvalue weighted by atomic mass is 10.0. The first kappa shape index (κ1) is 14.0. The van der Waals surface area contributed by atoms with E-state index in [1.54, 1.807) is 19.9 Å². The Morgan fingerprint density at radius 1 is 1.50 bits per heavy atom. The van der Waals surface area contributed by atoms with Crippen LogP contribution in [0.4, 0.5) is 5.82 Å². The lowest BCUT2D eigenvalue weighted by Gasteiger charge is -2.20. The SMILES string of the molecule is Cc1cc(C)c(C#N)c(NC(C(=O)O)C(C)C)n1. The van der Waals surface area contributed by atoms with Gasteiger partial charge in [-0.15, -0.1) is 0 Å². The third kappa shape index (κ3) is 2.98. The molecule has 0 spiro atoms. The van der Waals surface area contributed by atoms with Gasteiger partial charge < -0.3 is 10.4 Å². The minimum atomic E-state index is -0.949. The van der Waals surface area contributed by atoms with E-state index in [0.29, 0.717) is 11.4 Å². The number of anilines is 1. The number of nitrogens with one attached hydrogen (secondary N) is 1. The molecule has 1 unspecified atom stereocenters. The third-order valence-electron chi connectivity index (χ3n) is 2.68. The monoisotopic (exact) mass is 247 g/mol.